The van der Waals surface area contributed by atoms with Crippen LogP contribution in [0.15, 0.2) is 29.4 Å². The van der Waals surface area contributed by atoms with Crippen LogP contribution >= 0.6 is 0 Å². The van der Waals surface area contributed by atoms with Crippen LogP contribution in [0.3, 0.4) is 0 Å². The SMILES string of the molecule is CCCCC=NOCc1ccccc1C. The molecule has 2 nitrogen and oxygen atoms in total. The Hall–Kier alpha value is -1.31. The van der Waals surface area contributed by atoms with E-state index in [9.17, 15) is 0 Å². The van der Waals surface area contributed by atoms with E-state index in [1.54, 1.807) is 0 Å². The maximum atomic E-state index is 5.22. The molecule has 0 amide bonds. The summed E-state index contributed by atoms with van der Waals surface area (Å²) in [4.78, 5) is 5.22. The summed E-state index contributed by atoms with van der Waals surface area (Å²) in [5.41, 5.74) is 2.45. The molecule has 0 N–H and O–H groups in total. The third-order valence-corrected chi connectivity index (χ3v) is 2.32. The van der Waals surface area contributed by atoms with Gasteiger partial charge in [0.25, 0.3) is 0 Å². The van der Waals surface area contributed by atoms with Gasteiger partial charge in [-0.15, -0.1) is 0 Å². The summed E-state index contributed by atoms with van der Waals surface area (Å²) in [7, 11) is 0. The summed E-state index contributed by atoms with van der Waals surface area (Å²) in [6, 6.07) is 8.20. The van der Waals surface area contributed by atoms with E-state index in [4.69, 9.17) is 4.84 Å². The number of rotatable bonds is 6. The fraction of sp³-hybridized carbons (Fsp3) is 0.462. The van der Waals surface area contributed by atoms with E-state index in [-0.39, 0.29) is 0 Å². The van der Waals surface area contributed by atoms with Gasteiger partial charge < -0.3 is 4.84 Å². The molecule has 1 aromatic rings. The predicted molar refractivity (Wildman–Crippen MR) is 64.0 cm³/mol. The normalized spacial score (nSPS) is 10.8. The van der Waals surface area contributed by atoms with Crippen molar-refractivity contribution in [2.75, 3.05) is 0 Å². The Morgan fingerprint density at radius 2 is 2.13 bits per heavy atom. The van der Waals surface area contributed by atoms with Crippen LogP contribution in [0.2, 0.25) is 0 Å². The second-order valence-corrected chi connectivity index (χ2v) is 3.63. The second kappa shape index (κ2) is 7.04. The number of unbranched alkanes of at least 4 members (excludes halogenated alkanes) is 2. The number of hydrogen-bond acceptors (Lipinski definition) is 2. The molecule has 0 aliphatic heterocycles. The molecule has 0 aromatic heterocycles. The Kier molecular flexibility index (Phi) is 5.52. The average molecular weight is 205 g/mol. The van der Waals surface area contributed by atoms with Gasteiger partial charge in [0.2, 0.25) is 0 Å². The van der Waals surface area contributed by atoms with Crippen molar-refractivity contribution in [1.29, 1.82) is 0 Å². The van der Waals surface area contributed by atoms with Gasteiger partial charge in [0.15, 0.2) is 0 Å². The summed E-state index contributed by atoms with van der Waals surface area (Å²) < 4.78 is 0. The van der Waals surface area contributed by atoms with E-state index < -0.39 is 0 Å². The zero-order chi connectivity index (χ0) is 10.9. The summed E-state index contributed by atoms with van der Waals surface area (Å²) in [5, 5.41) is 3.92. The highest BCUT2D eigenvalue weighted by atomic mass is 16.6. The quantitative estimate of drug-likeness (QED) is 0.394. The van der Waals surface area contributed by atoms with Crippen LogP contribution < -0.4 is 0 Å². The topological polar surface area (TPSA) is 21.6 Å². The molecule has 0 bridgehead atoms. The van der Waals surface area contributed by atoms with Gasteiger partial charge in [0.1, 0.15) is 6.61 Å². The fourth-order valence-electron chi connectivity index (χ4n) is 1.28. The third kappa shape index (κ3) is 4.63. The van der Waals surface area contributed by atoms with Crippen LogP contribution in [0.1, 0.15) is 37.3 Å². The molecule has 0 radical (unpaired) electrons. The molecular formula is C13H19NO. The lowest BCUT2D eigenvalue weighted by molar-refractivity contribution is 0.131. The van der Waals surface area contributed by atoms with Crippen molar-refractivity contribution in [2.24, 2.45) is 5.16 Å². The van der Waals surface area contributed by atoms with Crippen LogP contribution in [-0.2, 0) is 11.4 Å². The third-order valence-electron chi connectivity index (χ3n) is 2.32. The van der Waals surface area contributed by atoms with Crippen LogP contribution in [0.25, 0.3) is 0 Å². The Bertz CT molecular complexity index is 307. The summed E-state index contributed by atoms with van der Waals surface area (Å²) in [6.45, 7) is 4.82. The lowest BCUT2D eigenvalue weighted by Gasteiger charge is -2.02. The van der Waals surface area contributed by atoms with Crippen LogP contribution in [0.4, 0.5) is 0 Å². The van der Waals surface area contributed by atoms with Gasteiger partial charge in [-0.05, 0) is 30.9 Å². The van der Waals surface area contributed by atoms with Gasteiger partial charge in [-0.2, -0.15) is 0 Å². The minimum atomic E-state index is 0.565. The lowest BCUT2D eigenvalue weighted by Crippen LogP contribution is -1.90. The van der Waals surface area contributed by atoms with Crippen molar-refractivity contribution >= 4 is 6.21 Å². The molecule has 0 aliphatic carbocycles. The Morgan fingerprint density at radius 1 is 1.33 bits per heavy atom. The molecule has 1 rings (SSSR count). The second-order valence-electron chi connectivity index (χ2n) is 3.63. The minimum absolute atomic E-state index is 0.565. The summed E-state index contributed by atoms with van der Waals surface area (Å²) in [6.07, 6.45) is 5.23. The first-order valence-corrected chi connectivity index (χ1v) is 5.53. The van der Waals surface area contributed by atoms with Gasteiger partial charge in [0.05, 0.1) is 0 Å². The number of oxime groups is 1. The number of nitrogens with zero attached hydrogens (tertiary/aromatic N) is 1. The number of aryl methyl sites for hydroxylation is 1. The van der Waals surface area contributed by atoms with Gasteiger partial charge >= 0.3 is 0 Å². The highest BCUT2D eigenvalue weighted by Gasteiger charge is 1.95. The summed E-state index contributed by atoms with van der Waals surface area (Å²) in [5.74, 6) is 0. The number of benzene rings is 1. The molecular weight excluding hydrogens is 186 g/mol. The van der Waals surface area contributed by atoms with E-state index in [2.05, 4.69) is 31.1 Å². The monoisotopic (exact) mass is 205 g/mol. The van der Waals surface area contributed by atoms with E-state index in [1.807, 2.05) is 18.3 Å². The van der Waals surface area contributed by atoms with Crippen molar-refractivity contribution in [3.05, 3.63) is 35.4 Å². The van der Waals surface area contributed by atoms with Gasteiger partial charge in [0, 0.05) is 6.21 Å². The molecule has 0 spiro atoms. The Balaban J connectivity index is 2.26. The molecule has 0 aliphatic rings. The van der Waals surface area contributed by atoms with Crippen molar-refractivity contribution in [2.45, 2.75) is 39.7 Å². The molecule has 1 aromatic carbocycles. The Labute approximate surface area is 91.9 Å². The molecule has 0 saturated heterocycles. The van der Waals surface area contributed by atoms with Crippen molar-refractivity contribution in [1.82, 2.24) is 0 Å². The van der Waals surface area contributed by atoms with Crippen molar-refractivity contribution in [3.63, 3.8) is 0 Å². The first-order chi connectivity index (χ1) is 7.34. The fourth-order valence-corrected chi connectivity index (χ4v) is 1.28. The van der Waals surface area contributed by atoms with Gasteiger partial charge in [-0.3, -0.25) is 0 Å². The molecule has 82 valence electrons. The highest BCUT2D eigenvalue weighted by molar-refractivity contribution is 5.56. The maximum absolute atomic E-state index is 5.22. The highest BCUT2D eigenvalue weighted by Crippen LogP contribution is 2.08. The Morgan fingerprint density at radius 3 is 2.87 bits per heavy atom. The molecule has 0 saturated carbocycles. The molecule has 15 heavy (non-hydrogen) atoms. The van der Waals surface area contributed by atoms with E-state index in [0.717, 1.165) is 6.42 Å². The van der Waals surface area contributed by atoms with Crippen molar-refractivity contribution < 1.29 is 4.84 Å². The molecule has 2 heteroatoms. The predicted octanol–water partition coefficient (Wildman–Crippen LogP) is 3.69. The largest absolute Gasteiger partial charge is 0.391 e. The van der Waals surface area contributed by atoms with Gasteiger partial charge in [-0.25, -0.2) is 0 Å². The standard InChI is InChI=1S/C13H19NO/c1-3-4-7-10-14-15-11-13-9-6-5-8-12(13)2/h5-6,8-10H,3-4,7,11H2,1-2H3. The zero-order valence-corrected chi connectivity index (χ0v) is 9.57. The first kappa shape index (κ1) is 11.8. The smallest absolute Gasteiger partial charge is 0.142 e. The van der Waals surface area contributed by atoms with Crippen LogP contribution in [0, 0.1) is 6.92 Å². The molecule has 0 fully saturated rings. The maximum Gasteiger partial charge on any atom is 0.142 e. The van der Waals surface area contributed by atoms with E-state index >= 15 is 0 Å². The zero-order valence-electron chi connectivity index (χ0n) is 9.57. The number of hydrogen-bond donors (Lipinski definition) is 0. The first-order valence-electron chi connectivity index (χ1n) is 5.53. The van der Waals surface area contributed by atoms with Crippen LogP contribution in [0.5, 0.6) is 0 Å². The summed E-state index contributed by atoms with van der Waals surface area (Å²) >= 11 is 0. The molecule has 0 unspecified atom stereocenters. The van der Waals surface area contributed by atoms with Crippen LogP contribution in [-0.4, -0.2) is 6.21 Å². The molecule has 0 atom stereocenters. The van der Waals surface area contributed by atoms with E-state index in [1.165, 1.54) is 24.0 Å². The molecule has 0 heterocycles. The van der Waals surface area contributed by atoms with E-state index in [0.29, 0.717) is 6.61 Å². The minimum Gasteiger partial charge on any atom is -0.391 e. The van der Waals surface area contributed by atoms with Gasteiger partial charge in [-0.1, -0.05) is 42.8 Å². The lowest BCUT2D eigenvalue weighted by atomic mass is 10.1. The average Bonchev–Trinajstić information content (AvgIpc) is 2.25. The van der Waals surface area contributed by atoms with Crippen molar-refractivity contribution in [3.8, 4) is 0 Å².